The summed E-state index contributed by atoms with van der Waals surface area (Å²) < 4.78 is 0. The summed E-state index contributed by atoms with van der Waals surface area (Å²) in [6.45, 7) is 4.53. The summed E-state index contributed by atoms with van der Waals surface area (Å²) in [5.74, 6) is 2.49. The Bertz CT molecular complexity index is 352. The third-order valence-electron chi connectivity index (χ3n) is 3.08. The van der Waals surface area contributed by atoms with Crippen LogP contribution >= 0.6 is 11.8 Å². The molecule has 0 atom stereocenters. The van der Waals surface area contributed by atoms with Gasteiger partial charge in [0.15, 0.2) is 0 Å². The molecule has 0 unspecified atom stereocenters. The van der Waals surface area contributed by atoms with Crippen molar-refractivity contribution < 1.29 is 0 Å². The Balaban J connectivity index is 1.93. The Morgan fingerprint density at radius 2 is 2.31 bits per heavy atom. The van der Waals surface area contributed by atoms with Crippen molar-refractivity contribution in [1.82, 2.24) is 0 Å². The summed E-state index contributed by atoms with van der Waals surface area (Å²) >= 11 is 2.02. The average Bonchev–Trinajstić information content (AvgIpc) is 2.70. The zero-order valence-electron chi connectivity index (χ0n) is 9.91. The molecule has 3 heteroatoms. The van der Waals surface area contributed by atoms with Gasteiger partial charge in [0.25, 0.3) is 0 Å². The molecular weight excluding hydrogens is 216 g/mol. The summed E-state index contributed by atoms with van der Waals surface area (Å²) in [4.78, 5) is 2.47. The Morgan fingerprint density at radius 3 is 3.12 bits per heavy atom. The van der Waals surface area contributed by atoms with Gasteiger partial charge in [0.05, 0.1) is 0 Å². The van der Waals surface area contributed by atoms with Crippen LogP contribution in [0.15, 0.2) is 18.2 Å². The lowest BCUT2D eigenvalue weighted by molar-refractivity contribution is 0.802. The van der Waals surface area contributed by atoms with Crippen molar-refractivity contribution >= 4 is 23.1 Å². The number of thioether (sulfide) groups is 1. The van der Waals surface area contributed by atoms with Gasteiger partial charge in [-0.25, -0.2) is 0 Å². The van der Waals surface area contributed by atoms with Crippen LogP contribution in [0, 0.1) is 0 Å². The number of hydrogen-bond donors (Lipinski definition) is 1. The number of anilines is 2. The van der Waals surface area contributed by atoms with Crippen molar-refractivity contribution in [3.05, 3.63) is 23.8 Å². The minimum absolute atomic E-state index is 0.961. The van der Waals surface area contributed by atoms with Gasteiger partial charge in [-0.3, -0.25) is 0 Å². The first-order valence-electron chi connectivity index (χ1n) is 6.03. The van der Waals surface area contributed by atoms with Gasteiger partial charge in [-0.2, -0.15) is 11.8 Å². The molecule has 0 aromatic heterocycles. The van der Waals surface area contributed by atoms with Gasteiger partial charge < -0.3 is 10.6 Å². The first-order valence-corrected chi connectivity index (χ1v) is 7.18. The highest BCUT2D eigenvalue weighted by molar-refractivity contribution is 7.99. The molecule has 2 nitrogen and oxygen atoms in total. The SMILES string of the molecule is CCSCCCN1CCc2c(N)cccc21. The Hall–Kier alpha value is -0.830. The van der Waals surface area contributed by atoms with Gasteiger partial charge in [0.2, 0.25) is 0 Å². The largest absolute Gasteiger partial charge is 0.398 e. The van der Waals surface area contributed by atoms with Crippen molar-refractivity contribution in [3.63, 3.8) is 0 Å². The molecule has 2 rings (SSSR count). The number of nitrogen functional groups attached to an aromatic ring is 1. The van der Waals surface area contributed by atoms with E-state index >= 15 is 0 Å². The first kappa shape index (κ1) is 11.6. The molecule has 2 N–H and O–H groups in total. The Kier molecular flexibility index (Phi) is 3.99. The first-order chi connectivity index (χ1) is 7.83. The maximum absolute atomic E-state index is 5.98. The van der Waals surface area contributed by atoms with E-state index in [1.54, 1.807) is 0 Å². The second kappa shape index (κ2) is 5.48. The second-order valence-corrected chi connectivity index (χ2v) is 5.53. The number of rotatable bonds is 5. The molecule has 1 aliphatic heterocycles. The van der Waals surface area contributed by atoms with Crippen LogP contribution in [0.1, 0.15) is 18.9 Å². The third-order valence-corrected chi connectivity index (χ3v) is 4.07. The van der Waals surface area contributed by atoms with E-state index in [2.05, 4.69) is 24.0 Å². The summed E-state index contributed by atoms with van der Waals surface area (Å²) in [6.07, 6.45) is 2.38. The monoisotopic (exact) mass is 236 g/mol. The van der Waals surface area contributed by atoms with Gasteiger partial charge in [-0.15, -0.1) is 0 Å². The van der Waals surface area contributed by atoms with E-state index < -0.39 is 0 Å². The van der Waals surface area contributed by atoms with E-state index in [0.29, 0.717) is 0 Å². The fourth-order valence-corrected chi connectivity index (χ4v) is 2.88. The molecule has 0 amide bonds. The number of hydrogen-bond acceptors (Lipinski definition) is 3. The van der Waals surface area contributed by atoms with E-state index in [0.717, 1.165) is 18.7 Å². The zero-order chi connectivity index (χ0) is 11.4. The highest BCUT2D eigenvalue weighted by Gasteiger charge is 2.19. The number of benzene rings is 1. The fraction of sp³-hybridized carbons (Fsp3) is 0.538. The van der Waals surface area contributed by atoms with Crippen LogP contribution in [0.5, 0.6) is 0 Å². The quantitative estimate of drug-likeness (QED) is 0.629. The van der Waals surface area contributed by atoms with E-state index in [1.165, 1.54) is 35.7 Å². The molecule has 0 fully saturated rings. The van der Waals surface area contributed by atoms with Crippen LogP contribution in [0.4, 0.5) is 11.4 Å². The predicted molar refractivity (Wildman–Crippen MR) is 74.4 cm³/mol. The van der Waals surface area contributed by atoms with Crippen molar-refractivity contribution in [3.8, 4) is 0 Å². The second-order valence-electron chi connectivity index (χ2n) is 4.13. The van der Waals surface area contributed by atoms with Crippen LogP contribution in [-0.2, 0) is 6.42 Å². The maximum Gasteiger partial charge on any atom is 0.0420 e. The molecular formula is C13H20N2S. The predicted octanol–water partition coefficient (Wildman–Crippen LogP) is 2.77. The molecule has 0 bridgehead atoms. The minimum Gasteiger partial charge on any atom is -0.398 e. The molecule has 1 aliphatic rings. The van der Waals surface area contributed by atoms with Crippen molar-refractivity contribution in [2.75, 3.05) is 35.2 Å². The van der Waals surface area contributed by atoms with E-state index in [4.69, 9.17) is 5.73 Å². The summed E-state index contributed by atoms with van der Waals surface area (Å²) in [7, 11) is 0. The van der Waals surface area contributed by atoms with Crippen molar-refractivity contribution in [1.29, 1.82) is 0 Å². The Morgan fingerprint density at radius 1 is 1.44 bits per heavy atom. The number of nitrogens with zero attached hydrogens (tertiary/aromatic N) is 1. The van der Waals surface area contributed by atoms with Crippen LogP contribution in [-0.4, -0.2) is 24.6 Å². The maximum atomic E-state index is 5.98. The summed E-state index contributed by atoms with van der Waals surface area (Å²) in [6, 6.07) is 6.27. The van der Waals surface area contributed by atoms with Crippen molar-refractivity contribution in [2.45, 2.75) is 19.8 Å². The third kappa shape index (κ3) is 2.46. The molecule has 16 heavy (non-hydrogen) atoms. The summed E-state index contributed by atoms with van der Waals surface area (Å²) in [5, 5.41) is 0. The van der Waals surface area contributed by atoms with Gasteiger partial charge in [-0.1, -0.05) is 13.0 Å². The average molecular weight is 236 g/mol. The van der Waals surface area contributed by atoms with E-state index in [-0.39, 0.29) is 0 Å². The smallest absolute Gasteiger partial charge is 0.0420 e. The summed E-state index contributed by atoms with van der Waals surface area (Å²) in [5.41, 5.74) is 9.66. The molecule has 1 aromatic carbocycles. The highest BCUT2D eigenvalue weighted by atomic mass is 32.2. The lowest BCUT2D eigenvalue weighted by atomic mass is 10.1. The van der Waals surface area contributed by atoms with Crippen LogP contribution < -0.4 is 10.6 Å². The van der Waals surface area contributed by atoms with Gasteiger partial charge >= 0.3 is 0 Å². The molecule has 0 saturated carbocycles. The number of fused-ring (bicyclic) bond motifs is 1. The molecule has 0 radical (unpaired) electrons. The molecule has 1 heterocycles. The molecule has 0 aliphatic carbocycles. The topological polar surface area (TPSA) is 29.3 Å². The molecule has 1 aromatic rings. The van der Waals surface area contributed by atoms with Crippen LogP contribution in [0.25, 0.3) is 0 Å². The normalized spacial score (nSPS) is 14.2. The van der Waals surface area contributed by atoms with Gasteiger partial charge in [0, 0.05) is 30.0 Å². The zero-order valence-corrected chi connectivity index (χ0v) is 10.7. The molecule has 0 saturated heterocycles. The molecule has 88 valence electrons. The fourth-order valence-electron chi connectivity index (χ4n) is 2.26. The number of nitrogens with two attached hydrogens (primary N) is 1. The van der Waals surface area contributed by atoms with Gasteiger partial charge in [0.1, 0.15) is 0 Å². The van der Waals surface area contributed by atoms with Crippen LogP contribution in [0.2, 0.25) is 0 Å². The highest BCUT2D eigenvalue weighted by Crippen LogP contribution is 2.31. The lowest BCUT2D eigenvalue weighted by Gasteiger charge is -2.19. The van der Waals surface area contributed by atoms with Crippen molar-refractivity contribution in [2.24, 2.45) is 0 Å². The minimum atomic E-state index is 0.961. The lowest BCUT2D eigenvalue weighted by Crippen LogP contribution is -2.22. The van der Waals surface area contributed by atoms with Crippen LogP contribution in [0.3, 0.4) is 0 Å². The Labute approximate surface area is 102 Å². The molecule has 0 spiro atoms. The standard InChI is InChI=1S/C13H20N2S/c1-2-16-10-4-8-15-9-7-11-12(14)5-3-6-13(11)15/h3,5-6H,2,4,7-10,14H2,1H3. The van der Waals surface area contributed by atoms with E-state index in [1.807, 2.05) is 17.8 Å². The van der Waals surface area contributed by atoms with E-state index in [9.17, 15) is 0 Å². The van der Waals surface area contributed by atoms with Gasteiger partial charge in [-0.05, 0) is 36.5 Å².